The topological polar surface area (TPSA) is 0 Å². The maximum absolute atomic E-state index is 4.05. The molecule has 0 aromatic heterocycles. The molecule has 0 aliphatic heterocycles. The average molecular weight is 1360 g/mol. The molecule has 0 nitrogen and oxygen atoms in total. The second-order valence-electron chi connectivity index (χ2n) is 35.8. The summed E-state index contributed by atoms with van der Waals surface area (Å²) in [6.07, 6.45) is 0. The van der Waals surface area contributed by atoms with Crippen molar-refractivity contribution in [1.29, 1.82) is 0 Å². The zero-order chi connectivity index (χ0) is 74.1. The third-order valence-corrected chi connectivity index (χ3v) is 40.4. The lowest BCUT2D eigenvalue weighted by atomic mass is 9.79. The summed E-state index contributed by atoms with van der Waals surface area (Å²) in [5.74, 6) is 48.9. The molecular formula is C94H122Si4. The summed E-state index contributed by atoms with van der Waals surface area (Å²) in [6, 6.07) is 31.7. The molecule has 0 aliphatic carbocycles. The average Bonchev–Trinajstić information content (AvgIpc) is 0.783. The normalized spacial score (nSPS) is 12.2. The lowest BCUT2D eigenvalue weighted by Gasteiger charge is -2.38. The second-order valence-corrected chi connectivity index (χ2v) is 57.2. The van der Waals surface area contributed by atoms with E-state index in [9.17, 15) is 0 Å². The van der Waals surface area contributed by atoms with E-state index in [1.807, 2.05) is 0 Å². The Hall–Kier alpha value is -6.99. The molecule has 5 rings (SSSR count). The molecule has 0 heterocycles. The van der Waals surface area contributed by atoms with Crippen molar-refractivity contribution in [2.24, 2.45) is 0 Å². The Morgan fingerprint density at radius 3 is 0.663 bits per heavy atom. The van der Waals surface area contributed by atoms with E-state index >= 15 is 0 Å². The molecule has 0 unspecified atom stereocenters. The Bertz CT molecular complexity index is 4210. The van der Waals surface area contributed by atoms with Crippen LogP contribution in [0, 0.1) is 105 Å². The van der Waals surface area contributed by atoms with E-state index in [4.69, 9.17) is 0 Å². The van der Waals surface area contributed by atoms with E-state index in [-0.39, 0.29) is 21.7 Å². The summed E-state index contributed by atoms with van der Waals surface area (Å²) < 4.78 is 0. The quantitative estimate of drug-likeness (QED) is 0.0913. The van der Waals surface area contributed by atoms with E-state index < -0.39 is 32.3 Å². The fraction of sp³-hybridized carbons (Fsp3) is 0.489. The van der Waals surface area contributed by atoms with E-state index in [0.717, 1.165) is 44.5 Å². The first-order valence-corrected chi connectivity index (χ1v) is 46.8. The Labute approximate surface area is 606 Å². The molecule has 0 spiro atoms. The monoisotopic (exact) mass is 1360 g/mol. The molecule has 0 radical (unpaired) electrons. The maximum Gasteiger partial charge on any atom is 0.146 e. The third kappa shape index (κ3) is 20.1. The number of hydrogen-bond acceptors (Lipinski definition) is 0. The van der Waals surface area contributed by atoms with Gasteiger partial charge < -0.3 is 0 Å². The SMILES string of the molecule is CC(C)[Si](C#Cc1cc(-c2cc(C(C)(C)C)cc(C(C)(C)C)c2)ccc1C#CC#Cc1cc(C#CC#C[Si](C)(C)C)c(C#C[Si](C(C)C)(C(C)C)C(C)C)cc1C#CC#Cc1ccc(-c2cc(C(C)(C)C)cc(C(C)(C)C)c2)cc1C#C[Si](C(C)C)(C(C)C)C(C)C)(C(C)C)C(C)C. The largest absolute Gasteiger partial charge is 0.146 e. The molecule has 514 valence electrons. The fourth-order valence-corrected chi connectivity index (χ4v) is 30.8. The van der Waals surface area contributed by atoms with Gasteiger partial charge in [-0.05, 0) is 188 Å². The Kier molecular flexibility index (Phi) is 27.1. The van der Waals surface area contributed by atoms with Crippen molar-refractivity contribution >= 4 is 32.3 Å². The summed E-state index contributed by atoms with van der Waals surface area (Å²) in [5.41, 5.74) is 36.1. The first-order valence-electron chi connectivity index (χ1n) is 36.6. The van der Waals surface area contributed by atoms with Gasteiger partial charge in [0.2, 0.25) is 0 Å². The number of hydrogen-bond donors (Lipinski definition) is 0. The zero-order valence-electron chi connectivity index (χ0n) is 67.3. The van der Waals surface area contributed by atoms with Crippen molar-refractivity contribution in [1.82, 2.24) is 0 Å². The molecular weight excluding hydrogens is 1240 g/mol. The predicted molar refractivity (Wildman–Crippen MR) is 444 cm³/mol. The minimum atomic E-state index is -2.18. The molecule has 0 atom stereocenters. The van der Waals surface area contributed by atoms with Crippen molar-refractivity contribution in [2.45, 2.75) is 299 Å². The van der Waals surface area contributed by atoms with Gasteiger partial charge in [0.1, 0.15) is 32.3 Å². The molecule has 4 heteroatoms. The van der Waals surface area contributed by atoms with Gasteiger partial charge in [-0.1, -0.05) is 323 Å². The smallest absolute Gasteiger partial charge is 0.125 e. The molecule has 0 bridgehead atoms. The highest BCUT2D eigenvalue weighted by Gasteiger charge is 2.44. The van der Waals surface area contributed by atoms with Gasteiger partial charge in [-0.15, -0.1) is 22.2 Å². The molecule has 0 saturated heterocycles. The van der Waals surface area contributed by atoms with Gasteiger partial charge in [0.05, 0.1) is 0 Å². The minimum Gasteiger partial charge on any atom is -0.125 e. The molecule has 5 aromatic carbocycles. The lowest BCUT2D eigenvalue weighted by Crippen LogP contribution is -2.43. The van der Waals surface area contributed by atoms with Gasteiger partial charge in [-0.2, -0.15) is 0 Å². The van der Waals surface area contributed by atoms with Gasteiger partial charge in [-0.25, -0.2) is 0 Å². The van der Waals surface area contributed by atoms with Crippen LogP contribution in [0.15, 0.2) is 84.9 Å². The fourth-order valence-electron chi connectivity index (χ4n) is 14.7. The summed E-state index contributed by atoms with van der Waals surface area (Å²) in [6.45, 7) is 76.9. The summed E-state index contributed by atoms with van der Waals surface area (Å²) in [5, 5.41) is 0. The van der Waals surface area contributed by atoms with Gasteiger partial charge in [0, 0.05) is 44.5 Å². The van der Waals surface area contributed by atoms with Gasteiger partial charge in [-0.3, -0.25) is 0 Å². The highest BCUT2D eigenvalue weighted by Crippen LogP contribution is 2.44. The van der Waals surface area contributed by atoms with Crippen LogP contribution in [0.4, 0.5) is 0 Å². The van der Waals surface area contributed by atoms with Crippen molar-refractivity contribution in [3.8, 4) is 127 Å². The molecule has 0 aliphatic rings. The predicted octanol–water partition coefficient (Wildman–Crippen LogP) is 25.0. The van der Waals surface area contributed by atoms with Crippen LogP contribution in [0.2, 0.25) is 69.5 Å². The Morgan fingerprint density at radius 1 is 0.224 bits per heavy atom. The summed E-state index contributed by atoms with van der Waals surface area (Å²) in [7, 11) is -8.15. The van der Waals surface area contributed by atoms with Crippen LogP contribution in [0.3, 0.4) is 0 Å². The lowest BCUT2D eigenvalue weighted by molar-refractivity contribution is 0.568. The van der Waals surface area contributed by atoms with E-state index in [2.05, 4.69) is 417 Å². The number of rotatable bonds is 11. The molecule has 0 amide bonds. The highest BCUT2D eigenvalue weighted by atomic mass is 28.3. The Morgan fingerprint density at radius 2 is 0.439 bits per heavy atom. The number of benzene rings is 5. The van der Waals surface area contributed by atoms with E-state index in [0.29, 0.717) is 61.0 Å². The van der Waals surface area contributed by atoms with Crippen LogP contribution in [0.1, 0.15) is 274 Å². The van der Waals surface area contributed by atoms with Crippen molar-refractivity contribution in [2.75, 3.05) is 0 Å². The first-order chi connectivity index (χ1) is 45.1. The van der Waals surface area contributed by atoms with Crippen LogP contribution in [-0.4, -0.2) is 32.3 Å². The van der Waals surface area contributed by atoms with Crippen LogP contribution in [0.25, 0.3) is 22.3 Å². The second kappa shape index (κ2) is 32.6. The molecule has 98 heavy (non-hydrogen) atoms. The molecule has 0 N–H and O–H groups in total. The molecule has 5 aromatic rings. The Balaban J connectivity index is 1.92. The van der Waals surface area contributed by atoms with Crippen molar-refractivity contribution in [3.05, 3.63) is 152 Å². The third-order valence-electron chi connectivity index (χ3n) is 20.6. The maximum atomic E-state index is 4.05. The minimum absolute atomic E-state index is 0.0300. The van der Waals surface area contributed by atoms with Gasteiger partial charge >= 0.3 is 0 Å². The van der Waals surface area contributed by atoms with E-state index in [1.165, 1.54) is 33.4 Å². The standard InChI is InChI=1S/C94H122Si4/c1-66(2)96(67(3)4,68(5)6)53-49-82-58-80(85-60-87(91(19,20)21)64-88(61-85)92(22,23)24)47-45-75(82)40-34-36-42-77-56-79(44-38-39-52-95(31,32)33)84(51-55-98(72(13)14,73(15)16)74(17)18)57-78(77)43-37-35-41-76-46-48-81(59-83(76)50-54-97(69(7)8,70(9)10)71(11)12)86-62-89(93(25,26)27)65-90(63-86)94(28,29)30/h45-48,56-74H,1-33H3. The molecule has 0 fully saturated rings. The first kappa shape index (κ1) is 81.7. The molecule has 0 saturated carbocycles. The van der Waals surface area contributed by atoms with Crippen LogP contribution in [-0.2, 0) is 21.7 Å². The summed E-state index contributed by atoms with van der Waals surface area (Å²) in [4.78, 5) is 0. The van der Waals surface area contributed by atoms with E-state index in [1.54, 1.807) is 0 Å². The summed E-state index contributed by atoms with van der Waals surface area (Å²) >= 11 is 0. The zero-order valence-corrected chi connectivity index (χ0v) is 71.3. The van der Waals surface area contributed by atoms with Crippen LogP contribution < -0.4 is 0 Å². The van der Waals surface area contributed by atoms with Gasteiger partial charge in [0.15, 0.2) is 0 Å². The van der Waals surface area contributed by atoms with Gasteiger partial charge in [0.25, 0.3) is 0 Å². The van der Waals surface area contributed by atoms with Crippen molar-refractivity contribution in [3.63, 3.8) is 0 Å². The highest BCUT2D eigenvalue weighted by molar-refractivity contribution is 6.91. The van der Waals surface area contributed by atoms with Crippen LogP contribution >= 0.6 is 0 Å². The van der Waals surface area contributed by atoms with Crippen LogP contribution in [0.5, 0.6) is 0 Å². The van der Waals surface area contributed by atoms with Crippen molar-refractivity contribution < 1.29 is 0 Å².